The van der Waals surface area contributed by atoms with E-state index in [1.807, 2.05) is 55.4 Å². The summed E-state index contributed by atoms with van der Waals surface area (Å²) >= 11 is 0. The van der Waals surface area contributed by atoms with Gasteiger partial charge in [0, 0.05) is 24.8 Å². The van der Waals surface area contributed by atoms with E-state index in [-0.39, 0.29) is 0 Å². The summed E-state index contributed by atoms with van der Waals surface area (Å²) in [5.74, 6) is 0. The van der Waals surface area contributed by atoms with Crippen LogP contribution in [0, 0.1) is 27.7 Å². The van der Waals surface area contributed by atoms with Crippen LogP contribution >= 0.6 is 0 Å². The molecule has 0 N–H and O–H groups in total. The van der Waals surface area contributed by atoms with Crippen molar-refractivity contribution >= 4 is 0 Å². The Hall–Kier alpha value is -1.84. The third-order valence-electron chi connectivity index (χ3n) is 2.04. The smallest absolute Gasteiger partial charge is 0.0584 e. The molecular formula is C16H28N4. The fraction of sp³-hybridized carbons (Fsp3) is 0.500. The highest BCUT2D eigenvalue weighted by molar-refractivity contribution is 5.04. The van der Waals surface area contributed by atoms with Crippen LogP contribution in [0.3, 0.4) is 0 Å². The predicted octanol–water partition coefficient (Wildman–Crippen LogP) is 4.24. The van der Waals surface area contributed by atoms with Gasteiger partial charge in [-0.1, -0.05) is 27.7 Å². The molecule has 0 atom stereocenters. The van der Waals surface area contributed by atoms with E-state index < -0.39 is 0 Å². The molecule has 4 nitrogen and oxygen atoms in total. The fourth-order valence-corrected chi connectivity index (χ4v) is 0.934. The Morgan fingerprint density at radius 2 is 0.850 bits per heavy atom. The molecule has 0 saturated carbocycles. The summed E-state index contributed by atoms with van der Waals surface area (Å²) in [6.07, 6.45) is 6.91. The van der Waals surface area contributed by atoms with Crippen LogP contribution in [0.15, 0.2) is 24.8 Å². The topological polar surface area (TPSA) is 51.6 Å². The summed E-state index contributed by atoms with van der Waals surface area (Å²) in [7, 11) is 0. The van der Waals surface area contributed by atoms with E-state index in [2.05, 4.69) is 19.9 Å². The minimum Gasteiger partial charge on any atom is -0.258 e. The minimum atomic E-state index is 0.968. The lowest BCUT2D eigenvalue weighted by molar-refractivity contribution is 1.05. The average molecular weight is 276 g/mol. The van der Waals surface area contributed by atoms with Crippen LogP contribution < -0.4 is 0 Å². The van der Waals surface area contributed by atoms with Crippen molar-refractivity contribution in [3.05, 3.63) is 47.6 Å². The van der Waals surface area contributed by atoms with Crippen molar-refractivity contribution in [2.75, 3.05) is 0 Å². The zero-order valence-electron chi connectivity index (χ0n) is 14.1. The average Bonchev–Trinajstić information content (AvgIpc) is 2.50. The first-order chi connectivity index (χ1) is 9.59. The van der Waals surface area contributed by atoms with Crippen molar-refractivity contribution in [3.8, 4) is 0 Å². The maximum absolute atomic E-state index is 4.02. The van der Waals surface area contributed by atoms with Gasteiger partial charge in [0.1, 0.15) is 0 Å². The van der Waals surface area contributed by atoms with Crippen LogP contribution in [0.1, 0.15) is 50.5 Å². The molecule has 0 fully saturated rings. The summed E-state index contributed by atoms with van der Waals surface area (Å²) < 4.78 is 0. The molecule has 2 aromatic rings. The van der Waals surface area contributed by atoms with Crippen LogP contribution in [0.25, 0.3) is 0 Å². The zero-order chi connectivity index (χ0) is 16.0. The van der Waals surface area contributed by atoms with Gasteiger partial charge in [-0.2, -0.15) is 0 Å². The summed E-state index contributed by atoms with van der Waals surface area (Å²) in [4.78, 5) is 16.1. The highest BCUT2D eigenvalue weighted by Crippen LogP contribution is 1.93. The molecule has 0 aliphatic heterocycles. The Kier molecular flexibility index (Phi) is 13.9. The zero-order valence-corrected chi connectivity index (χ0v) is 14.1. The Morgan fingerprint density at radius 1 is 0.550 bits per heavy atom. The van der Waals surface area contributed by atoms with Gasteiger partial charge >= 0.3 is 0 Å². The highest BCUT2D eigenvalue weighted by Gasteiger charge is 1.87. The van der Waals surface area contributed by atoms with E-state index in [1.54, 1.807) is 24.8 Å². The first-order valence-electron chi connectivity index (χ1n) is 7.09. The van der Waals surface area contributed by atoms with E-state index >= 15 is 0 Å². The van der Waals surface area contributed by atoms with Gasteiger partial charge in [0.15, 0.2) is 0 Å². The molecule has 112 valence electrons. The number of aromatic nitrogens is 4. The van der Waals surface area contributed by atoms with Crippen molar-refractivity contribution in [2.45, 2.75) is 55.4 Å². The Labute approximate surface area is 123 Å². The van der Waals surface area contributed by atoms with Gasteiger partial charge in [0.2, 0.25) is 0 Å². The molecule has 20 heavy (non-hydrogen) atoms. The quantitative estimate of drug-likeness (QED) is 0.722. The number of hydrogen-bond donors (Lipinski definition) is 0. The van der Waals surface area contributed by atoms with E-state index in [0.717, 1.165) is 22.8 Å². The van der Waals surface area contributed by atoms with Crippen LogP contribution in [-0.4, -0.2) is 19.9 Å². The molecule has 0 aromatic carbocycles. The van der Waals surface area contributed by atoms with Crippen molar-refractivity contribution in [1.82, 2.24) is 19.9 Å². The number of rotatable bonds is 0. The molecule has 4 heteroatoms. The van der Waals surface area contributed by atoms with Gasteiger partial charge < -0.3 is 0 Å². The SMILES string of the molecule is CC.CC.Cc1cnc(C)cn1.Cc1nccnc1C. The summed E-state index contributed by atoms with van der Waals surface area (Å²) in [6, 6.07) is 0. The van der Waals surface area contributed by atoms with E-state index in [4.69, 9.17) is 0 Å². The molecule has 2 heterocycles. The van der Waals surface area contributed by atoms with E-state index in [1.165, 1.54) is 0 Å². The third kappa shape index (κ3) is 10.1. The molecule has 0 radical (unpaired) electrons. The normalized spacial score (nSPS) is 8.00. The molecule has 0 saturated heterocycles. The van der Waals surface area contributed by atoms with Crippen molar-refractivity contribution < 1.29 is 0 Å². The van der Waals surface area contributed by atoms with Crippen LogP contribution in [0.2, 0.25) is 0 Å². The Balaban J connectivity index is 0. The summed E-state index contributed by atoms with van der Waals surface area (Å²) in [5, 5.41) is 0. The number of nitrogens with zero attached hydrogens (tertiary/aromatic N) is 4. The third-order valence-corrected chi connectivity index (χ3v) is 2.04. The van der Waals surface area contributed by atoms with Gasteiger partial charge in [-0.3, -0.25) is 19.9 Å². The number of aryl methyl sites for hydroxylation is 4. The molecule has 2 rings (SSSR count). The molecule has 0 aliphatic carbocycles. The van der Waals surface area contributed by atoms with Crippen molar-refractivity contribution in [2.24, 2.45) is 0 Å². The van der Waals surface area contributed by atoms with Crippen LogP contribution in [0.5, 0.6) is 0 Å². The molecule has 0 amide bonds. The fourth-order valence-electron chi connectivity index (χ4n) is 0.934. The summed E-state index contributed by atoms with van der Waals surface area (Å²) in [6.45, 7) is 15.7. The lowest BCUT2D eigenvalue weighted by Gasteiger charge is -1.91. The van der Waals surface area contributed by atoms with E-state index in [0.29, 0.717) is 0 Å². The maximum Gasteiger partial charge on any atom is 0.0584 e. The highest BCUT2D eigenvalue weighted by atomic mass is 14.8. The van der Waals surface area contributed by atoms with Gasteiger partial charge in [-0.05, 0) is 27.7 Å². The van der Waals surface area contributed by atoms with Crippen LogP contribution in [0.4, 0.5) is 0 Å². The van der Waals surface area contributed by atoms with Crippen molar-refractivity contribution in [1.29, 1.82) is 0 Å². The first-order valence-corrected chi connectivity index (χ1v) is 7.09. The second kappa shape index (κ2) is 13.6. The standard InChI is InChI=1S/2C6H8N2.2C2H6/c1-5-3-8-6(2)4-7-5;1-5-6(2)8-4-3-7-5;2*1-2/h2*3-4H,1-2H3;2*1-2H3. The molecule has 0 unspecified atom stereocenters. The van der Waals surface area contributed by atoms with Gasteiger partial charge in [0.25, 0.3) is 0 Å². The second-order valence-corrected chi connectivity index (χ2v) is 3.53. The van der Waals surface area contributed by atoms with Crippen LogP contribution in [-0.2, 0) is 0 Å². The minimum absolute atomic E-state index is 0.968. The lowest BCUT2D eigenvalue weighted by Crippen LogP contribution is -1.87. The van der Waals surface area contributed by atoms with Gasteiger partial charge in [-0.15, -0.1) is 0 Å². The van der Waals surface area contributed by atoms with Crippen molar-refractivity contribution in [3.63, 3.8) is 0 Å². The van der Waals surface area contributed by atoms with Gasteiger partial charge in [0.05, 0.1) is 22.8 Å². The van der Waals surface area contributed by atoms with Gasteiger partial charge in [-0.25, -0.2) is 0 Å². The monoisotopic (exact) mass is 276 g/mol. The molecule has 0 aliphatic rings. The molecule has 2 aromatic heterocycles. The molecular weight excluding hydrogens is 248 g/mol. The Bertz CT molecular complexity index is 396. The Morgan fingerprint density at radius 3 is 1.05 bits per heavy atom. The number of hydrogen-bond acceptors (Lipinski definition) is 4. The molecule has 0 bridgehead atoms. The second-order valence-electron chi connectivity index (χ2n) is 3.53. The first kappa shape index (κ1) is 20.5. The molecule has 0 spiro atoms. The predicted molar refractivity (Wildman–Crippen MR) is 85.7 cm³/mol. The largest absolute Gasteiger partial charge is 0.258 e. The lowest BCUT2D eigenvalue weighted by atomic mass is 10.4. The summed E-state index contributed by atoms with van der Waals surface area (Å²) in [5.41, 5.74) is 3.95. The maximum atomic E-state index is 4.02. The van der Waals surface area contributed by atoms with E-state index in [9.17, 15) is 0 Å².